The van der Waals surface area contributed by atoms with Crippen LogP contribution in [0.4, 0.5) is 0 Å². The summed E-state index contributed by atoms with van der Waals surface area (Å²) >= 11 is 0. The van der Waals surface area contributed by atoms with Gasteiger partial charge in [-0.3, -0.25) is 4.90 Å². The van der Waals surface area contributed by atoms with Crippen molar-refractivity contribution in [3.05, 3.63) is 11.4 Å². The van der Waals surface area contributed by atoms with Crippen LogP contribution in [0.25, 0.3) is 0 Å². The highest BCUT2D eigenvalue weighted by atomic mass is 16.5. The second-order valence-corrected chi connectivity index (χ2v) is 7.63. The molecule has 0 saturated carbocycles. The van der Waals surface area contributed by atoms with E-state index in [1.165, 1.54) is 38.0 Å². The van der Waals surface area contributed by atoms with Crippen molar-refractivity contribution in [3.63, 3.8) is 0 Å². The Bertz CT molecular complexity index is 538. The van der Waals surface area contributed by atoms with Crippen LogP contribution in [0.15, 0.2) is 0 Å². The summed E-state index contributed by atoms with van der Waals surface area (Å²) in [5, 5.41) is 8.76. The van der Waals surface area contributed by atoms with Gasteiger partial charge >= 0.3 is 0 Å². The van der Waals surface area contributed by atoms with Gasteiger partial charge in [0, 0.05) is 39.3 Å². The van der Waals surface area contributed by atoms with E-state index < -0.39 is 0 Å². The van der Waals surface area contributed by atoms with Crippen LogP contribution in [-0.2, 0) is 29.2 Å². The van der Waals surface area contributed by atoms with Gasteiger partial charge in [-0.25, -0.2) is 4.68 Å². The third-order valence-electron chi connectivity index (χ3n) is 5.67. The number of rotatable bonds is 7. The smallest absolute Gasteiger partial charge is 0.113 e. The Morgan fingerprint density at radius 2 is 1.96 bits per heavy atom. The van der Waals surface area contributed by atoms with Crippen molar-refractivity contribution in [2.45, 2.75) is 45.4 Å². The molecule has 7 heteroatoms. The molecule has 0 spiro atoms. The van der Waals surface area contributed by atoms with Gasteiger partial charge in [0.25, 0.3) is 0 Å². The fourth-order valence-corrected chi connectivity index (χ4v) is 4.19. The third-order valence-corrected chi connectivity index (χ3v) is 5.67. The summed E-state index contributed by atoms with van der Waals surface area (Å²) < 4.78 is 13.5. The summed E-state index contributed by atoms with van der Waals surface area (Å²) in [4.78, 5) is 5.03. The number of aromatic nitrogens is 3. The van der Waals surface area contributed by atoms with Crippen LogP contribution in [0.3, 0.4) is 0 Å². The van der Waals surface area contributed by atoms with Crippen molar-refractivity contribution >= 4 is 0 Å². The van der Waals surface area contributed by atoms with E-state index in [0.29, 0.717) is 12.5 Å². The number of aryl methyl sites for hydroxylation is 1. The minimum absolute atomic E-state index is 0.587. The van der Waals surface area contributed by atoms with Gasteiger partial charge < -0.3 is 14.4 Å². The van der Waals surface area contributed by atoms with Gasteiger partial charge in [0.15, 0.2) is 0 Å². The molecule has 2 fully saturated rings. The van der Waals surface area contributed by atoms with E-state index >= 15 is 0 Å². The SMILES string of the molecule is C1CCN(CCOCc2nnn3c2CN(C[C@H]2CCOC2)CCC3)C1. The minimum atomic E-state index is 0.587. The topological polar surface area (TPSA) is 55.7 Å². The van der Waals surface area contributed by atoms with Gasteiger partial charge in [0.05, 0.1) is 25.5 Å². The monoisotopic (exact) mass is 349 g/mol. The Labute approximate surface area is 150 Å². The molecule has 3 aliphatic rings. The van der Waals surface area contributed by atoms with Gasteiger partial charge in [0.1, 0.15) is 5.69 Å². The second kappa shape index (κ2) is 8.58. The van der Waals surface area contributed by atoms with Crippen LogP contribution in [-0.4, -0.2) is 77.3 Å². The summed E-state index contributed by atoms with van der Waals surface area (Å²) in [6.07, 6.45) is 5.00. The Morgan fingerprint density at radius 3 is 2.80 bits per heavy atom. The minimum Gasteiger partial charge on any atom is -0.381 e. The molecule has 0 radical (unpaired) electrons. The molecule has 0 N–H and O–H groups in total. The van der Waals surface area contributed by atoms with Crippen molar-refractivity contribution in [1.82, 2.24) is 24.8 Å². The molecule has 4 heterocycles. The molecule has 4 rings (SSSR count). The van der Waals surface area contributed by atoms with E-state index in [1.807, 2.05) is 0 Å². The molecule has 0 aliphatic carbocycles. The molecule has 1 aromatic heterocycles. The molecule has 1 aromatic rings. The molecule has 0 unspecified atom stereocenters. The highest BCUT2D eigenvalue weighted by molar-refractivity contribution is 5.10. The molecular weight excluding hydrogens is 318 g/mol. The van der Waals surface area contributed by atoms with Crippen molar-refractivity contribution in [2.24, 2.45) is 5.92 Å². The first-order valence-corrected chi connectivity index (χ1v) is 9.90. The van der Waals surface area contributed by atoms with Crippen LogP contribution in [0.1, 0.15) is 37.1 Å². The average Bonchev–Trinajstić information content (AvgIpc) is 3.34. The molecule has 25 heavy (non-hydrogen) atoms. The van der Waals surface area contributed by atoms with E-state index in [1.54, 1.807) is 0 Å². The summed E-state index contributed by atoms with van der Waals surface area (Å²) in [5.74, 6) is 0.683. The lowest BCUT2D eigenvalue weighted by Gasteiger charge is -2.22. The van der Waals surface area contributed by atoms with Crippen LogP contribution < -0.4 is 0 Å². The molecule has 0 amide bonds. The van der Waals surface area contributed by atoms with Crippen LogP contribution in [0, 0.1) is 5.92 Å². The molecule has 140 valence electrons. The molecular formula is C18H31N5O2. The maximum Gasteiger partial charge on any atom is 0.113 e. The lowest BCUT2D eigenvalue weighted by molar-refractivity contribution is 0.0959. The predicted octanol–water partition coefficient (Wildman–Crippen LogP) is 1.13. The Hall–Kier alpha value is -1.02. The fraction of sp³-hybridized carbons (Fsp3) is 0.889. The highest BCUT2D eigenvalue weighted by Crippen LogP contribution is 2.20. The van der Waals surface area contributed by atoms with Crippen LogP contribution in [0.2, 0.25) is 0 Å². The maximum absolute atomic E-state index is 5.92. The average molecular weight is 349 g/mol. The van der Waals surface area contributed by atoms with Gasteiger partial charge in [-0.15, -0.1) is 5.10 Å². The number of hydrogen-bond donors (Lipinski definition) is 0. The second-order valence-electron chi connectivity index (χ2n) is 7.63. The third kappa shape index (κ3) is 4.58. The number of ether oxygens (including phenoxy) is 2. The first-order valence-electron chi connectivity index (χ1n) is 9.90. The van der Waals surface area contributed by atoms with Gasteiger partial charge in [0.2, 0.25) is 0 Å². The zero-order chi connectivity index (χ0) is 16.9. The van der Waals surface area contributed by atoms with Gasteiger partial charge in [-0.05, 0) is 44.7 Å². The maximum atomic E-state index is 5.92. The van der Waals surface area contributed by atoms with E-state index in [-0.39, 0.29) is 0 Å². The van der Waals surface area contributed by atoms with E-state index in [4.69, 9.17) is 9.47 Å². The normalized spacial score (nSPS) is 25.4. The zero-order valence-corrected chi connectivity index (χ0v) is 15.2. The number of nitrogens with zero attached hydrogens (tertiary/aromatic N) is 5. The van der Waals surface area contributed by atoms with Crippen LogP contribution in [0.5, 0.6) is 0 Å². The molecule has 1 atom stereocenters. The standard InChI is InChI=1S/C18H31N5O2/c1-2-6-21(5-1)9-11-25-15-17-18-13-22(12-16-4-10-24-14-16)7-3-8-23(18)20-19-17/h16H,1-15H2/t16-/m1/s1. The van der Waals surface area contributed by atoms with E-state index in [2.05, 4.69) is 24.8 Å². The number of likely N-dealkylation sites (tertiary alicyclic amines) is 1. The quantitative estimate of drug-likeness (QED) is 0.688. The lowest BCUT2D eigenvalue weighted by atomic mass is 10.1. The Morgan fingerprint density at radius 1 is 1.08 bits per heavy atom. The fourth-order valence-electron chi connectivity index (χ4n) is 4.19. The highest BCUT2D eigenvalue weighted by Gasteiger charge is 2.24. The van der Waals surface area contributed by atoms with Crippen molar-refractivity contribution in [1.29, 1.82) is 0 Å². The summed E-state index contributed by atoms with van der Waals surface area (Å²) in [7, 11) is 0. The van der Waals surface area contributed by atoms with Gasteiger partial charge in [-0.1, -0.05) is 5.21 Å². The van der Waals surface area contributed by atoms with Crippen molar-refractivity contribution < 1.29 is 9.47 Å². The van der Waals surface area contributed by atoms with Gasteiger partial charge in [-0.2, -0.15) is 0 Å². The number of fused-ring (bicyclic) bond motifs is 1. The molecule has 0 bridgehead atoms. The summed E-state index contributed by atoms with van der Waals surface area (Å²) in [6.45, 7) is 10.9. The first kappa shape index (κ1) is 17.4. The Kier molecular flexibility index (Phi) is 5.97. The van der Waals surface area contributed by atoms with Crippen molar-refractivity contribution in [3.8, 4) is 0 Å². The van der Waals surface area contributed by atoms with E-state index in [0.717, 1.165) is 64.7 Å². The molecule has 7 nitrogen and oxygen atoms in total. The predicted molar refractivity (Wildman–Crippen MR) is 94.2 cm³/mol. The van der Waals surface area contributed by atoms with Crippen molar-refractivity contribution in [2.75, 3.05) is 52.5 Å². The Balaban J connectivity index is 1.29. The molecule has 0 aromatic carbocycles. The van der Waals surface area contributed by atoms with E-state index in [9.17, 15) is 0 Å². The van der Waals surface area contributed by atoms with Crippen LogP contribution >= 0.6 is 0 Å². The lowest BCUT2D eigenvalue weighted by Crippen LogP contribution is -2.30. The molecule has 2 saturated heterocycles. The first-order chi connectivity index (χ1) is 12.4. The zero-order valence-electron chi connectivity index (χ0n) is 15.2. The molecule has 3 aliphatic heterocycles. The largest absolute Gasteiger partial charge is 0.381 e. The summed E-state index contributed by atoms with van der Waals surface area (Å²) in [5.41, 5.74) is 2.27. The summed E-state index contributed by atoms with van der Waals surface area (Å²) in [6, 6.07) is 0. The number of hydrogen-bond acceptors (Lipinski definition) is 6.